The van der Waals surface area contributed by atoms with Crippen molar-refractivity contribution in [2.75, 3.05) is 0 Å². The van der Waals surface area contributed by atoms with E-state index >= 15 is 0 Å². The predicted octanol–water partition coefficient (Wildman–Crippen LogP) is 4.19. The summed E-state index contributed by atoms with van der Waals surface area (Å²) < 4.78 is 13.0. The van der Waals surface area contributed by atoms with E-state index in [0.29, 0.717) is 0 Å². The van der Waals surface area contributed by atoms with Gasteiger partial charge in [-0.1, -0.05) is 26.8 Å². The van der Waals surface area contributed by atoms with Gasteiger partial charge in [0, 0.05) is 12.1 Å². The lowest BCUT2D eigenvalue weighted by Crippen LogP contribution is -2.43. The maximum Gasteiger partial charge on any atom is 0.123 e. The lowest BCUT2D eigenvalue weighted by molar-refractivity contribution is 0.288. The van der Waals surface area contributed by atoms with Crippen molar-refractivity contribution in [1.29, 1.82) is 0 Å². The largest absolute Gasteiger partial charge is 0.307 e. The third-order valence-corrected chi connectivity index (χ3v) is 3.99. The maximum atomic E-state index is 13.0. The molecule has 1 rings (SSSR count). The van der Waals surface area contributed by atoms with E-state index in [1.807, 2.05) is 13.0 Å². The Bertz CT molecular complexity index is 348. The molecule has 0 aromatic heterocycles. The Morgan fingerprint density at radius 3 is 2.18 bits per heavy atom. The molecule has 0 bridgehead atoms. The molecule has 0 saturated carbocycles. The highest BCUT2D eigenvalue weighted by molar-refractivity contribution is 5.26. The zero-order chi connectivity index (χ0) is 12.9. The van der Waals surface area contributed by atoms with Gasteiger partial charge in [0.25, 0.3) is 0 Å². The van der Waals surface area contributed by atoms with Crippen molar-refractivity contribution in [3.8, 4) is 0 Å². The minimum atomic E-state index is -0.154. The van der Waals surface area contributed by atoms with Crippen LogP contribution in [0.4, 0.5) is 4.39 Å². The Hall–Kier alpha value is -0.890. The first-order valence-corrected chi connectivity index (χ1v) is 6.57. The van der Waals surface area contributed by atoms with Crippen molar-refractivity contribution < 1.29 is 4.39 Å². The Morgan fingerprint density at radius 1 is 1.12 bits per heavy atom. The number of halogens is 1. The fourth-order valence-electron chi connectivity index (χ4n) is 2.27. The molecule has 1 nitrogen and oxygen atoms in total. The van der Waals surface area contributed by atoms with E-state index in [9.17, 15) is 4.39 Å². The quantitative estimate of drug-likeness (QED) is 0.782. The Morgan fingerprint density at radius 2 is 1.71 bits per heavy atom. The van der Waals surface area contributed by atoms with Crippen molar-refractivity contribution in [2.45, 2.75) is 59.0 Å². The standard InChI is InChI=1S/C15H24FN/c1-5-15(6-2,7-3)17-11-13-8-9-14(16)10-12(13)4/h8-10,17H,5-7,11H2,1-4H3. The van der Waals surface area contributed by atoms with Crippen molar-refractivity contribution in [3.05, 3.63) is 35.1 Å². The molecule has 1 aromatic rings. The number of rotatable bonds is 6. The molecule has 17 heavy (non-hydrogen) atoms. The van der Waals surface area contributed by atoms with Gasteiger partial charge in [-0.15, -0.1) is 0 Å². The Balaban J connectivity index is 2.72. The van der Waals surface area contributed by atoms with Crippen molar-refractivity contribution in [3.63, 3.8) is 0 Å². The smallest absolute Gasteiger partial charge is 0.123 e. The fraction of sp³-hybridized carbons (Fsp3) is 0.600. The highest BCUT2D eigenvalue weighted by Gasteiger charge is 2.22. The van der Waals surface area contributed by atoms with Gasteiger partial charge in [0.1, 0.15) is 5.82 Å². The van der Waals surface area contributed by atoms with Gasteiger partial charge in [0.05, 0.1) is 0 Å². The minimum Gasteiger partial charge on any atom is -0.307 e. The molecule has 96 valence electrons. The van der Waals surface area contributed by atoms with Crippen LogP contribution in [0.3, 0.4) is 0 Å². The third-order valence-electron chi connectivity index (χ3n) is 3.99. The maximum absolute atomic E-state index is 13.0. The van der Waals surface area contributed by atoms with E-state index in [1.54, 1.807) is 6.07 Å². The number of benzene rings is 1. The first-order valence-electron chi connectivity index (χ1n) is 6.57. The monoisotopic (exact) mass is 237 g/mol. The first-order chi connectivity index (χ1) is 8.06. The summed E-state index contributed by atoms with van der Waals surface area (Å²) in [5.74, 6) is -0.154. The molecule has 0 unspecified atom stereocenters. The normalized spacial score (nSPS) is 11.8. The molecular formula is C15H24FN. The van der Waals surface area contributed by atoms with Crippen LogP contribution in [-0.2, 0) is 6.54 Å². The van der Waals surface area contributed by atoms with E-state index < -0.39 is 0 Å². The zero-order valence-electron chi connectivity index (χ0n) is 11.4. The third kappa shape index (κ3) is 3.53. The summed E-state index contributed by atoms with van der Waals surface area (Å²) in [5.41, 5.74) is 2.43. The lowest BCUT2D eigenvalue weighted by Gasteiger charge is -2.32. The molecule has 0 aliphatic carbocycles. The van der Waals surface area contributed by atoms with Gasteiger partial charge in [-0.2, -0.15) is 0 Å². The number of aryl methyl sites for hydroxylation is 1. The summed E-state index contributed by atoms with van der Waals surface area (Å²) in [7, 11) is 0. The summed E-state index contributed by atoms with van der Waals surface area (Å²) in [5, 5.41) is 3.64. The van der Waals surface area contributed by atoms with Crippen LogP contribution in [0, 0.1) is 12.7 Å². The van der Waals surface area contributed by atoms with Gasteiger partial charge in [0.2, 0.25) is 0 Å². The molecule has 0 atom stereocenters. The zero-order valence-corrected chi connectivity index (χ0v) is 11.4. The molecule has 0 aliphatic heterocycles. The summed E-state index contributed by atoms with van der Waals surface area (Å²) in [4.78, 5) is 0. The van der Waals surface area contributed by atoms with Crippen LogP contribution in [0.2, 0.25) is 0 Å². The Kier molecular flexibility index (Phi) is 5.13. The molecule has 0 heterocycles. The summed E-state index contributed by atoms with van der Waals surface area (Å²) in [6.07, 6.45) is 3.38. The second-order valence-corrected chi connectivity index (χ2v) is 4.77. The molecule has 0 fully saturated rings. The highest BCUT2D eigenvalue weighted by atomic mass is 19.1. The number of hydrogen-bond acceptors (Lipinski definition) is 1. The summed E-state index contributed by atoms with van der Waals surface area (Å²) in [6.45, 7) is 9.44. The number of nitrogens with one attached hydrogen (secondary N) is 1. The van der Waals surface area contributed by atoms with E-state index in [0.717, 1.165) is 31.4 Å². The SMILES string of the molecule is CCC(CC)(CC)NCc1ccc(F)cc1C. The molecule has 0 aliphatic rings. The van der Waals surface area contributed by atoms with Gasteiger partial charge in [0.15, 0.2) is 0 Å². The summed E-state index contributed by atoms with van der Waals surface area (Å²) in [6, 6.07) is 5.02. The van der Waals surface area contributed by atoms with Crippen LogP contribution in [0.15, 0.2) is 18.2 Å². The highest BCUT2D eigenvalue weighted by Crippen LogP contribution is 2.20. The van der Waals surface area contributed by atoms with Crippen LogP contribution in [0.5, 0.6) is 0 Å². The van der Waals surface area contributed by atoms with Crippen LogP contribution in [0.25, 0.3) is 0 Å². The summed E-state index contributed by atoms with van der Waals surface area (Å²) >= 11 is 0. The first kappa shape index (κ1) is 14.2. The van der Waals surface area contributed by atoms with Crippen molar-refractivity contribution in [1.82, 2.24) is 5.32 Å². The van der Waals surface area contributed by atoms with Gasteiger partial charge >= 0.3 is 0 Å². The molecular weight excluding hydrogens is 213 g/mol. The average molecular weight is 237 g/mol. The van der Waals surface area contributed by atoms with Gasteiger partial charge < -0.3 is 5.32 Å². The molecule has 0 spiro atoms. The molecule has 0 radical (unpaired) electrons. The molecule has 1 aromatic carbocycles. The van der Waals surface area contributed by atoms with E-state index in [2.05, 4.69) is 26.1 Å². The van der Waals surface area contributed by atoms with Crippen LogP contribution in [0.1, 0.15) is 51.2 Å². The van der Waals surface area contributed by atoms with Gasteiger partial charge in [-0.25, -0.2) is 4.39 Å². The van der Waals surface area contributed by atoms with Gasteiger partial charge in [-0.3, -0.25) is 0 Å². The second-order valence-electron chi connectivity index (χ2n) is 4.77. The van der Waals surface area contributed by atoms with Crippen molar-refractivity contribution >= 4 is 0 Å². The van der Waals surface area contributed by atoms with Crippen molar-refractivity contribution in [2.24, 2.45) is 0 Å². The molecule has 1 N–H and O–H groups in total. The molecule has 0 amide bonds. The van der Waals surface area contributed by atoms with E-state index in [4.69, 9.17) is 0 Å². The minimum absolute atomic E-state index is 0.154. The van der Waals surface area contributed by atoms with E-state index in [1.165, 1.54) is 11.6 Å². The molecule has 0 saturated heterocycles. The second kappa shape index (κ2) is 6.15. The molecule has 2 heteroatoms. The fourth-order valence-corrected chi connectivity index (χ4v) is 2.27. The van der Waals surface area contributed by atoms with Gasteiger partial charge in [-0.05, 0) is 49.4 Å². The Labute approximate surface area is 104 Å². The van der Waals surface area contributed by atoms with Crippen LogP contribution >= 0.6 is 0 Å². The topological polar surface area (TPSA) is 12.0 Å². The van der Waals surface area contributed by atoms with Crippen LogP contribution < -0.4 is 5.32 Å². The average Bonchev–Trinajstić information content (AvgIpc) is 2.33. The lowest BCUT2D eigenvalue weighted by atomic mass is 9.89. The van der Waals surface area contributed by atoms with E-state index in [-0.39, 0.29) is 11.4 Å². The number of hydrogen-bond donors (Lipinski definition) is 1. The predicted molar refractivity (Wildman–Crippen MR) is 71.6 cm³/mol. The van der Waals surface area contributed by atoms with Crippen LogP contribution in [-0.4, -0.2) is 5.54 Å².